The first-order valence-corrected chi connectivity index (χ1v) is 8.67. The lowest BCUT2D eigenvalue weighted by atomic mass is 10.2. The van der Waals surface area contributed by atoms with Gasteiger partial charge >= 0.3 is 5.97 Å². The number of nitrogens with zero attached hydrogens (tertiary/aromatic N) is 1. The first-order valence-electron chi connectivity index (χ1n) is 7.68. The van der Waals surface area contributed by atoms with Crippen molar-refractivity contribution in [3.05, 3.63) is 29.8 Å². The molecule has 1 aromatic carbocycles. The molecule has 1 aromatic rings. The van der Waals surface area contributed by atoms with Crippen molar-refractivity contribution in [1.29, 1.82) is 5.26 Å². The highest BCUT2D eigenvalue weighted by molar-refractivity contribution is 7.99. The summed E-state index contributed by atoms with van der Waals surface area (Å²) in [5.41, 5.74) is 0.604. The predicted molar refractivity (Wildman–Crippen MR) is 91.6 cm³/mol. The van der Waals surface area contributed by atoms with E-state index in [9.17, 15) is 9.59 Å². The Kier molecular flexibility index (Phi) is 9.58. The van der Waals surface area contributed by atoms with E-state index < -0.39 is 12.0 Å². The molecule has 7 heteroatoms. The molecule has 0 fully saturated rings. The average molecular weight is 350 g/mol. The molecule has 1 amide bonds. The smallest absolute Gasteiger partial charge is 0.328 e. The van der Waals surface area contributed by atoms with Gasteiger partial charge in [-0.05, 0) is 31.2 Å². The van der Waals surface area contributed by atoms with Gasteiger partial charge < -0.3 is 14.8 Å². The zero-order chi connectivity index (χ0) is 17.8. The minimum absolute atomic E-state index is 0.203. The van der Waals surface area contributed by atoms with Crippen molar-refractivity contribution < 1.29 is 19.1 Å². The number of benzene rings is 1. The number of carbonyl (C=O) groups is 2. The van der Waals surface area contributed by atoms with Gasteiger partial charge in [0.25, 0.3) is 0 Å². The van der Waals surface area contributed by atoms with Crippen molar-refractivity contribution in [2.75, 3.05) is 26.1 Å². The lowest BCUT2D eigenvalue weighted by Gasteiger charge is -2.16. The lowest BCUT2D eigenvalue weighted by molar-refractivity contribution is -0.147. The second-order valence-electron chi connectivity index (χ2n) is 4.89. The van der Waals surface area contributed by atoms with Crippen LogP contribution in [0.3, 0.4) is 0 Å². The molecule has 0 bridgehead atoms. The van der Waals surface area contributed by atoms with E-state index in [1.165, 1.54) is 18.9 Å². The molecule has 0 saturated heterocycles. The van der Waals surface area contributed by atoms with E-state index in [1.807, 2.05) is 12.1 Å². The number of hydrogen-bond donors (Lipinski definition) is 1. The van der Waals surface area contributed by atoms with Crippen molar-refractivity contribution in [3.8, 4) is 6.07 Å². The first kappa shape index (κ1) is 20.0. The van der Waals surface area contributed by atoms with Gasteiger partial charge in [-0.3, -0.25) is 4.79 Å². The van der Waals surface area contributed by atoms with Gasteiger partial charge in [-0.15, -0.1) is 11.8 Å². The number of nitrogens with one attached hydrogen (secondary N) is 1. The molecule has 130 valence electrons. The molecule has 1 atom stereocenters. The van der Waals surface area contributed by atoms with E-state index in [4.69, 9.17) is 14.7 Å². The van der Waals surface area contributed by atoms with Gasteiger partial charge in [-0.2, -0.15) is 5.26 Å². The lowest BCUT2D eigenvalue weighted by Crippen LogP contribution is -2.42. The maximum absolute atomic E-state index is 12.0. The second-order valence-corrected chi connectivity index (χ2v) is 6.06. The van der Waals surface area contributed by atoms with Crippen LogP contribution in [0.5, 0.6) is 0 Å². The SMILES string of the molecule is CCOC(=O)C(CCOC)NC(=O)CCSc1ccc(C#N)cc1. The Morgan fingerprint density at radius 1 is 1.33 bits per heavy atom. The number of esters is 1. The monoisotopic (exact) mass is 350 g/mol. The van der Waals surface area contributed by atoms with Crippen molar-refractivity contribution in [1.82, 2.24) is 5.32 Å². The zero-order valence-electron chi connectivity index (χ0n) is 13.9. The summed E-state index contributed by atoms with van der Waals surface area (Å²) >= 11 is 1.52. The standard InChI is InChI=1S/C17H22N2O4S/c1-3-23-17(21)15(8-10-22-2)19-16(20)9-11-24-14-6-4-13(12-18)5-7-14/h4-7,15H,3,8-11H2,1-2H3,(H,19,20). The number of thioether (sulfide) groups is 1. The average Bonchev–Trinajstić information content (AvgIpc) is 2.59. The number of carbonyl (C=O) groups excluding carboxylic acids is 2. The number of hydrogen-bond acceptors (Lipinski definition) is 6. The Morgan fingerprint density at radius 2 is 2.04 bits per heavy atom. The van der Waals surface area contributed by atoms with Gasteiger partial charge in [-0.1, -0.05) is 0 Å². The van der Waals surface area contributed by atoms with E-state index in [1.54, 1.807) is 19.1 Å². The van der Waals surface area contributed by atoms with Crippen LogP contribution in [-0.4, -0.2) is 44.0 Å². The van der Waals surface area contributed by atoms with E-state index in [2.05, 4.69) is 11.4 Å². The molecule has 0 aliphatic heterocycles. The van der Waals surface area contributed by atoms with Crippen molar-refractivity contribution >= 4 is 23.6 Å². The molecule has 0 aliphatic carbocycles. The van der Waals surface area contributed by atoms with Gasteiger partial charge in [0, 0.05) is 37.2 Å². The molecule has 24 heavy (non-hydrogen) atoms. The van der Waals surface area contributed by atoms with E-state index >= 15 is 0 Å². The first-order chi connectivity index (χ1) is 11.6. The highest BCUT2D eigenvalue weighted by Crippen LogP contribution is 2.19. The third-order valence-corrected chi connectivity index (χ3v) is 4.11. The predicted octanol–water partition coefficient (Wildman–Crippen LogP) is 2.12. The van der Waals surface area contributed by atoms with E-state index in [0.717, 1.165) is 4.90 Å². The summed E-state index contributed by atoms with van der Waals surface area (Å²) in [6.45, 7) is 2.36. The third-order valence-electron chi connectivity index (χ3n) is 3.10. The fourth-order valence-electron chi connectivity index (χ4n) is 1.88. The quantitative estimate of drug-likeness (QED) is 0.514. The van der Waals surface area contributed by atoms with Crippen LogP contribution < -0.4 is 5.32 Å². The summed E-state index contributed by atoms with van der Waals surface area (Å²) in [6.07, 6.45) is 0.664. The summed E-state index contributed by atoms with van der Waals surface area (Å²) < 4.78 is 9.91. The van der Waals surface area contributed by atoms with Crippen LogP contribution in [-0.2, 0) is 19.1 Å². The molecule has 6 nitrogen and oxygen atoms in total. The van der Waals surface area contributed by atoms with Crippen LogP contribution in [0.1, 0.15) is 25.3 Å². The Hall–Kier alpha value is -2.04. The van der Waals surface area contributed by atoms with E-state index in [0.29, 0.717) is 24.3 Å². The highest BCUT2D eigenvalue weighted by atomic mass is 32.2. The number of amides is 1. The third kappa shape index (κ3) is 7.49. The fourth-order valence-corrected chi connectivity index (χ4v) is 2.73. The van der Waals surface area contributed by atoms with Crippen LogP contribution in [0.15, 0.2) is 29.2 Å². The van der Waals surface area contributed by atoms with Gasteiger partial charge in [0.05, 0.1) is 18.2 Å². The molecule has 0 aliphatic rings. The largest absolute Gasteiger partial charge is 0.464 e. The van der Waals surface area contributed by atoms with Crippen LogP contribution in [0.2, 0.25) is 0 Å². The molecule has 0 aromatic heterocycles. The molecule has 0 spiro atoms. The molecule has 1 N–H and O–H groups in total. The summed E-state index contributed by atoms with van der Waals surface area (Å²) in [7, 11) is 1.54. The van der Waals surface area contributed by atoms with Crippen molar-refractivity contribution in [2.24, 2.45) is 0 Å². The Morgan fingerprint density at radius 3 is 2.62 bits per heavy atom. The van der Waals surface area contributed by atoms with Crippen molar-refractivity contribution in [3.63, 3.8) is 0 Å². The summed E-state index contributed by atoms with van der Waals surface area (Å²) in [6, 6.07) is 8.55. The van der Waals surface area contributed by atoms with Crippen LogP contribution in [0, 0.1) is 11.3 Å². The number of methoxy groups -OCH3 is 1. The maximum Gasteiger partial charge on any atom is 0.328 e. The minimum Gasteiger partial charge on any atom is -0.464 e. The van der Waals surface area contributed by atoms with E-state index in [-0.39, 0.29) is 18.9 Å². The highest BCUT2D eigenvalue weighted by Gasteiger charge is 2.21. The molecule has 1 unspecified atom stereocenters. The molecular weight excluding hydrogens is 328 g/mol. The van der Waals surface area contributed by atoms with Crippen molar-refractivity contribution in [2.45, 2.75) is 30.7 Å². The molecular formula is C17H22N2O4S. The van der Waals surface area contributed by atoms with Gasteiger partial charge in [0.1, 0.15) is 6.04 Å². The number of ether oxygens (including phenoxy) is 2. The Labute approximate surface area is 146 Å². The van der Waals surface area contributed by atoms with Gasteiger partial charge in [0.2, 0.25) is 5.91 Å². The Balaban J connectivity index is 2.41. The van der Waals surface area contributed by atoms with Gasteiger partial charge in [-0.25, -0.2) is 4.79 Å². The van der Waals surface area contributed by atoms with Crippen LogP contribution in [0.4, 0.5) is 0 Å². The topological polar surface area (TPSA) is 88.4 Å². The van der Waals surface area contributed by atoms with Crippen LogP contribution >= 0.6 is 11.8 Å². The van der Waals surface area contributed by atoms with Crippen LogP contribution in [0.25, 0.3) is 0 Å². The molecule has 0 saturated carbocycles. The molecule has 0 radical (unpaired) electrons. The zero-order valence-corrected chi connectivity index (χ0v) is 14.7. The summed E-state index contributed by atoms with van der Waals surface area (Å²) in [4.78, 5) is 24.8. The second kappa shape index (κ2) is 11.5. The maximum atomic E-state index is 12.0. The fraction of sp³-hybridized carbons (Fsp3) is 0.471. The molecule has 0 heterocycles. The number of nitriles is 1. The molecule has 1 rings (SSSR count). The minimum atomic E-state index is -0.683. The normalized spacial score (nSPS) is 11.4. The summed E-state index contributed by atoms with van der Waals surface area (Å²) in [5, 5.41) is 11.4. The van der Waals surface area contributed by atoms with Gasteiger partial charge in [0.15, 0.2) is 0 Å². The Bertz CT molecular complexity index is 569. The number of rotatable bonds is 10. The summed E-state index contributed by atoms with van der Waals surface area (Å²) in [5.74, 6) is -0.0645.